The van der Waals surface area contributed by atoms with E-state index in [0.29, 0.717) is 38.4 Å². The van der Waals surface area contributed by atoms with Crippen molar-refractivity contribution in [2.24, 2.45) is 5.92 Å². The summed E-state index contributed by atoms with van der Waals surface area (Å²) in [5.41, 5.74) is 0.496. The fourth-order valence-electron chi connectivity index (χ4n) is 1.46. The smallest absolute Gasteiger partial charge is 0.333 e. The van der Waals surface area contributed by atoms with E-state index in [9.17, 15) is 9.59 Å². The maximum Gasteiger partial charge on any atom is 0.333 e. The molecule has 6 heteroatoms. The van der Waals surface area contributed by atoms with Gasteiger partial charge in [0.25, 0.3) is 0 Å². The Morgan fingerprint density at radius 2 is 1.75 bits per heavy atom. The van der Waals surface area contributed by atoms with Crippen molar-refractivity contribution in [3.63, 3.8) is 0 Å². The molecule has 0 amide bonds. The van der Waals surface area contributed by atoms with Crippen LogP contribution < -0.4 is 0 Å². The molecule has 0 aromatic heterocycles. The van der Waals surface area contributed by atoms with Crippen LogP contribution in [-0.4, -0.2) is 50.6 Å². The summed E-state index contributed by atoms with van der Waals surface area (Å²) in [4.78, 5) is 23.2. The largest absolute Gasteiger partial charge is 0.463 e. The van der Waals surface area contributed by atoms with Crippen LogP contribution in [-0.2, 0) is 28.5 Å². The zero-order valence-electron chi connectivity index (χ0n) is 11.8. The first kappa shape index (κ1) is 15.0. The lowest BCUT2D eigenvalue weighted by Gasteiger charge is -2.09. The van der Waals surface area contributed by atoms with Gasteiger partial charge in [0.05, 0.1) is 19.1 Å². The van der Waals surface area contributed by atoms with Crippen molar-refractivity contribution in [3.8, 4) is 0 Å². The van der Waals surface area contributed by atoms with Gasteiger partial charge in [0, 0.05) is 5.57 Å². The van der Waals surface area contributed by atoms with Gasteiger partial charge in [-0.15, -0.1) is 0 Å². The van der Waals surface area contributed by atoms with Gasteiger partial charge >= 0.3 is 11.9 Å². The summed E-state index contributed by atoms with van der Waals surface area (Å²) in [5, 5.41) is 0. The van der Waals surface area contributed by atoms with Crippen LogP contribution in [0.1, 0.15) is 20.3 Å². The lowest BCUT2D eigenvalue weighted by Crippen LogP contribution is -2.17. The number of epoxide rings is 2. The molecule has 0 spiro atoms. The van der Waals surface area contributed by atoms with E-state index in [1.807, 2.05) is 0 Å². The second-order valence-corrected chi connectivity index (χ2v) is 5.16. The summed E-state index contributed by atoms with van der Waals surface area (Å²) < 4.78 is 20.0. The highest BCUT2D eigenvalue weighted by Gasteiger charge is 2.26. The summed E-state index contributed by atoms with van der Waals surface area (Å²) in [6.45, 7) is 5.37. The van der Waals surface area contributed by atoms with Crippen LogP contribution in [0.5, 0.6) is 0 Å². The minimum Gasteiger partial charge on any atom is -0.463 e. The van der Waals surface area contributed by atoms with Crippen LogP contribution in [0.2, 0.25) is 0 Å². The molecule has 2 rings (SSSR count). The normalized spacial score (nSPS) is 25.8. The van der Waals surface area contributed by atoms with Crippen molar-refractivity contribution >= 4 is 11.9 Å². The molecule has 3 atom stereocenters. The third-order valence-corrected chi connectivity index (χ3v) is 3.12. The second-order valence-electron chi connectivity index (χ2n) is 5.16. The summed E-state index contributed by atoms with van der Waals surface area (Å²) in [6, 6.07) is 0. The average Bonchev–Trinajstić information content (AvgIpc) is 3.32. The maximum atomic E-state index is 11.6. The highest BCUT2D eigenvalue weighted by atomic mass is 16.6. The van der Waals surface area contributed by atoms with E-state index in [0.717, 1.165) is 0 Å². The fraction of sp³-hybridized carbons (Fsp3) is 0.714. The molecule has 6 nitrogen and oxygen atoms in total. The third-order valence-electron chi connectivity index (χ3n) is 3.12. The van der Waals surface area contributed by atoms with Crippen molar-refractivity contribution in [1.82, 2.24) is 0 Å². The Morgan fingerprint density at radius 3 is 2.30 bits per heavy atom. The second kappa shape index (κ2) is 6.85. The molecule has 0 aliphatic carbocycles. The fourth-order valence-corrected chi connectivity index (χ4v) is 1.46. The number of rotatable bonds is 8. The molecular weight excluding hydrogens is 264 g/mol. The Balaban J connectivity index is 1.65. The predicted octanol–water partition coefficient (Wildman–Crippen LogP) is 0.843. The van der Waals surface area contributed by atoms with E-state index in [1.54, 1.807) is 19.9 Å². The molecule has 0 saturated carbocycles. The molecule has 0 N–H and O–H groups in total. The van der Waals surface area contributed by atoms with Gasteiger partial charge in [-0.3, -0.25) is 4.79 Å². The highest BCUT2D eigenvalue weighted by Crippen LogP contribution is 2.14. The van der Waals surface area contributed by atoms with Gasteiger partial charge in [-0.25, -0.2) is 4.79 Å². The van der Waals surface area contributed by atoms with Crippen LogP contribution in [0.3, 0.4) is 0 Å². The molecule has 0 aromatic carbocycles. The molecular formula is C14H20O6. The van der Waals surface area contributed by atoms with Gasteiger partial charge in [0.15, 0.2) is 0 Å². The van der Waals surface area contributed by atoms with E-state index < -0.39 is 0 Å². The molecule has 2 aliphatic rings. The number of hydrogen-bond acceptors (Lipinski definition) is 6. The zero-order valence-corrected chi connectivity index (χ0v) is 11.8. The van der Waals surface area contributed by atoms with E-state index in [1.165, 1.54) is 0 Å². The minimum atomic E-state index is -0.368. The number of hydrogen-bond donors (Lipinski definition) is 0. The topological polar surface area (TPSA) is 77.7 Å². The van der Waals surface area contributed by atoms with Crippen LogP contribution in [0.15, 0.2) is 11.6 Å². The third kappa shape index (κ3) is 5.30. The first-order valence-electron chi connectivity index (χ1n) is 6.80. The Morgan fingerprint density at radius 1 is 1.20 bits per heavy atom. The highest BCUT2D eigenvalue weighted by molar-refractivity contribution is 5.87. The lowest BCUT2D eigenvalue weighted by molar-refractivity contribution is -0.148. The van der Waals surface area contributed by atoms with Crippen LogP contribution >= 0.6 is 0 Å². The first-order chi connectivity index (χ1) is 9.56. The minimum absolute atomic E-state index is 0.0605. The Kier molecular flexibility index (Phi) is 5.14. The zero-order chi connectivity index (χ0) is 14.5. The van der Waals surface area contributed by atoms with Gasteiger partial charge in [-0.05, 0) is 13.3 Å². The van der Waals surface area contributed by atoms with Crippen molar-refractivity contribution in [2.45, 2.75) is 32.5 Å². The molecule has 0 radical (unpaired) electrons. The maximum absolute atomic E-state index is 11.6. The quantitative estimate of drug-likeness (QED) is 0.373. The molecule has 0 bridgehead atoms. The number of ether oxygens (including phenoxy) is 4. The molecule has 2 aliphatic heterocycles. The van der Waals surface area contributed by atoms with E-state index in [2.05, 4.69) is 0 Å². The summed E-state index contributed by atoms with van der Waals surface area (Å²) in [6.07, 6.45) is 2.29. The standard InChI is InChI=1S/C14H20O6/c1-9(13(15)19-7-11-5-17-11)3-4-10(2)14(16)20-8-12-6-18-12/h3,10-12H,4-8H2,1-2H3/b9-3+. The number of allylic oxidation sites excluding steroid dienone is 1. The Labute approximate surface area is 118 Å². The van der Waals surface area contributed by atoms with Gasteiger partial charge < -0.3 is 18.9 Å². The molecule has 2 saturated heterocycles. The van der Waals surface area contributed by atoms with E-state index in [4.69, 9.17) is 18.9 Å². The monoisotopic (exact) mass is 284 g/mol. The van der Waals surface area contributed by atoms with Crippen LogP contribution in [0, 0.1) is 5.92 Å². The summed E-state index contributed by atoms with van der Waals surface area (Å²) in [7, 11) is 0. The molecule has 0 aromatic rings. The van der Waals surface area contributed by atoms with Crippen molar-refractivity contribution in [1.29, 1.82) is 0 Å². The Hall–Kier alpha value is -1.40. The molecule has 2 heterocycles. The summed E-state index contributed by atoms with van der Waals surface area (Å²) in [5.74, 6) is -0.931. The molecule has 2 fully saturated rings. The SMILES string of the molecule is C/C(=C\CC(C)C(=O)OCC1CO1)C(=O)OCC1CO1. The van der Waals surface area contributed by atoms with Gasteiger partial charge in [0.1, 0.15) is 25.4 Å². The molecule has 20 heavy (non-hydrogen) atoms. The predicted molar refractivity (Wildman–Crippen MR) is 68.9 cm³/mol. The van der Waals surface area contributed by atoms with Gasteiger partial charge in [-0.1, -0.05) is 13.0 Å². The number of carbonyl (C=O) groups excluding carboxylic acids is 2. The number of esters is 2. The Bertz CT molecular complexity index is 394. The van der Waals surface area contributed by atoms with E-state index in [-0.39, 0.29) is 30.1 Å². The number of carbonyl (C=O) groups is 2. The van der Waals surface area contributed by atoms with Crippen LogP contribution in [0.25, 0.3) is 0 Å². The average molecular weight is 284 g/mol. The lowest BCUT2D eigenvalue weighted by atomic mass is 10.1. The first-order valence-corrected chi connectivity index (χ1v) is 6.80. The van der Waals surface area contributed by atoms with Crippen molar-refractivity contribution in [2.75, 3.05) is 26.4 Å². The molecule has 3 unspecified atom stereocenters. The molecule has 112 valence electrons. The van der Waals surface area contributed by atoms with Gasteiger partial charge in [-0.2, -0.15) is 0 Å². The van der Waals surface area contributed by atoms with Gasteiger partial charge in [0.2, 0.25) is 0 Å². The van der Waals surface area contributed by atoms with Crippen molar-refractivity contribution in [3.05, 3.63) is 11.6 Å². The van der Waals surface area contributed by atoms with Crippen LogP contribution in [0.4, 0.5) is 0 Å². The van der Waals surface area contributed by atoms with E-state index >= 15 is 0 Å². The van der Waals surface area contributed by atoms with Crippen molar-refractivity contribution < 1.29 is 28.5 Å². The summed E-state index contributed by atoms with van der Waals surface area (Å²) >= 11 is 0.